The smallest absolute Gasteiger partial charge is 0.166 e. The van der Waals surface area contributed by atoms with Crippen LogP contribution in [0.5, 0.6) is 0 Å². The molecule has 0 aliphatic heterocycles. The monoisotopic (exact) mass is 253 g/mol. The Morgan fingerprint density at radius 2 is 1.89 bits per heavy atom. The maximum atomic E-state index is 12.7. The quantitative estimate of drug-likeness (QED) is 0.747. The van der Waals surface area contributed by atoms with Gasteiger partial charge in [-0.1, -0.05) is 37.5 Å². The summed E-state index contributed by atoms with van der Waals surface area (Å²) in [6.45, 7) is 1.96. The molecule has 0 bridgehead atoms. The number of rotatable bonds is 2. The summed E-state index contributed by atoms with van der Waals surface area (Å²) in [6, 6.07) is 9.91. The molecule has 1 aromatic heterocycles. The van der Waals surface area contributed by atoms with Gasteiger partial charge in [0.25, 0.3) is 0 Å². The van der Waals surface area contributed by atoms with Crippen molar-refractivity contribution in [1.29, 1.82) is 0 Å². The Bertz CT molecular complexity index is 612. The molecular formula is C17H19NO. The first-order valence-corrected chi connectivity index (χ1v) is 7.16. The predicted molar refractivity (Wildman–Crippen MR) is 77.4 cm³/mol. The molecule has 0 atom stereocenters. The summed E-state index contributed by atoms with van der Waals surface area (Å²) in [5.74, 6) is 0.542. The topological polar surface area (TPSA) is 30.0 Å². The highest BCUT2D eigenvalue weighted by atomic mass is 16.1. The van der Waals surface area contributed by atoms with E-state index in [0.29, 0.717) is 5.78 Å². The summed E-state index contributed by atoms with van der Waals surface area (Å²) in [5, 5.41) is 1.00. The van der Waals surface area contributed by atoms with Crippen molar-refractivity contribution in [1.82, 2.24) is 4.98 Å². The number of carbonyl (C=O) groups is 1. The second-order valence-electron chi connectivity index (χ2n) is 5.53. The molecule has 1 heterocycles. The van der Waals surface area contributed by atoms with E-state index < -0.39 is 0 Å². The van der Waals surface area contributed by atoms with Gasteiger partial charge in [-0.15, -0.1) is 0 Å². The molecule has 0 radical (unpaired) electrons. The lowest BCUT2D eigenvalue weighted by Crippen LogP contribution is -2.18. The van der Waals surface area contributed by atoms with E-state index in [9.17, 15) is 4.79 Å². The van der Waals surface area contributed by atoms with E-state index in [0.717, 1.165) is 35.0 Å². The summed E-state index contributed by atoms with van der Waals surface area (Å²) in [4.78, 5) is 17.2. The molecule has 0 saturated heterocycles. The maximum Gasteiger partial charge on any atom is 0.166 e. The number of pyridine rings is 1. The minimum absolute atomic E-state index is 0.221. The van der Waals surface area contributed by atoms with Gasteiger partial charge in [-0.3, -0.25) is 9.78 Å². The molecular weight excluding hydrogens is 234 g/mol. The number of ketones is 1. The standard InChI is InChI=1S/C17H19NO/c1-12-11-15(14-9-5-6-10-16(14)18-12)17(19)13-7-3-2-4-8-13/h5-6,9-11,13H,2-4,7-8H2,1H3. The summed E-state index contributed by atoms with van der Waals surface area (Å²) in [6.07, 6.45) is 5.76. The zero-order valence-electron chi connectivity index (χ0n) is 11.4. The zero-order valence-corrected chi connectivity index (χ0v) is 11.4. The minimum Gasteiger partial charge on any atom is -0.294 e. The van der Waals surface area contributed by atoms with E-state index in [4.69, 9.17) is 0 Å². The zero-order chi connectivity index (χ0) is 13.2. The van der Waals surface area contributed by atoms with Crippen molar-refractivity contribution in [2.24, 2.45) is 5.92 Å². The van der Waals surface area contributed by atoms with Gasteiger partial charge >= 0.3 is 0 Å². The number of aromatic nitrogens is 1. The third kappa shape index (κ3) is 2.40. The third-order valence-corrected chi connectivity index (χ3v) is 4.09. The normalized spacial score (nSPS) is 16.7. The number of hydrogen-bond acceptors (Lipinski definition) is 2. The molecule has 1 aliphatic carbocycles. The summed E-state index contributed by atoms with van der Waals surface area (Å²) in [5.41, 5.74) is 2.73. The van der Waals surface area contributed by atoms with E-state index in [-0.39, 0.29) is 5.92 Å². The van der Waals surface area contributed by atoms with Gasteiger partial charge in [0.05, 0.1) is 5.52 Å². The lowest BCUT2D eigenvalue weighted by Gasteiger charge is -2.21. The number of hydrogen-bond donors (Lipinski definition) is 0. The Balaban J connectivity index is 2.05. The molecule has 2 nitrogen and oxygen atoms in total. The predicted octanol–water partition coefficient (Wildman–Crippen LogP) is 4.31. The molecule has 1 aliphatic rings. The van der Waals surface area contributed by atoms with E-state index in [1.807, 2.05) is 37.3 Å². The molecule has 0 spiro atoms. The number of benzene rings is 1. The Kier molecular flexibility index (Phi) is 3.33. The van der Waals surface area contributed by atoms with Gasteiger partial charge in [0.1, 0.15) is 0 Å². The fourth-order valence-corrected chi connectivity index (χ4v) is 3.10. The average molecular weight is 253 g/mol. The minimum atomic E-state index is 0.221. The fraction of sp³-hybridized carbons (Fsp3) is 0.412. The molecule has 2 aromatic rings. The molecule has 0 unspecified atom stereocenters. The fourth-order valence-electron chi connectivity index (χ4n) is 3.10. The molecule has 1 aromatic carbocycles. The summed E-state index contributed by atoms with van der Waals surface area (Å²) in [7, 11) is 0. The first kappa shape index (κ1) is 12.3. The van der Waals surface area contributed by atoms with E-state index in [1.54, 1.807) is 0 Å². The van der Waals surface area contributed by atoms with Crippen molar-refractivity contribution < 1.29 is 4.79 Å². The van der Waals surface area contributed by atoms with Crippen LogP contribution >= 0.6 is 0 Å². The molecule has 19 heavy (non-hydrogen) atoms. The third-order valence-electron chi connectivity index (χ3n) is 4.09. The van der Waals surface area contributed by atoms with Crippen LogP contribution in [0.1, 0.15) is 48.2 Å². The van der Waals surface area contributed by atoms with Gasteiger partial charge < -0.3 is 0 Å². The second-order valence-corrected chi connectivity index (χ2v) is 5.53. The molecule has 98 valence electrons. The van der Waals surface area contributed by atoms with Crippen molar-refractivity contribution in [3.8, 4) is 0 Å². The SMILES string of the molecule is Cc1cc(C(=O)C2CCCCC2)c2ccccc2n1. The van der Waals surface area contributed by atoms with Gasteiger partial charge in [0.2, 0.25) is 0 Å². The number of para-hydroxylation sites is 1. The molecule has 2 heteroatoms. The average Bonchev–Trinajstić information content (AvgIpc) is 2.46. The first-order chi connectivity index (χ1) is 9.25. The molecule has 1 saturated carbocycles. The largest absolute Gasteiger partial charge is 0.294 e. The highest BCUT2D eigenvalue weighted by Crippen LogP contribution is 2.29. The van der Waals surface area contributed by atoms with Crippen LogP contribution in [0.4, 0.5) is 0 Å². The van der Waals surface area contributed by atoms with Crippen molar-refractivity contribution in [2.75, 3.05) is 0 Å². The van der Waals surface area contributed by atoms with E-state index in [2.05, 4.69) is 4.98 Å². The van der Waals surface area contributed by atoms with Crippen LogP contribution in [-0.4, -0.2) is 10.8 Å². The van der Waals surface area contributed by atoms with Crippen LogP contribution in [0.25, 0.3) is 10.9 Å². The van der Waals surface area contributed by atoms with Crippen LogP contribution in [0, 0.1) is 12.8 Å². The van der Waals surface area contributed by atoms with Gasteiger partial charge in [-0.05, 0) is 31.9 Å². The van der Waals surface area contributed by atoms with Crippen molar-refractivity contribution in [3.05, 3.63) is 41.6 Å². The second kappa shape index (κ2) is 5.12. The van der Waals surface area contributed by atoms with E-state index in [1.165, 1.54) is 19.3 Å². The van der Waals surface area contributed by atoms with Crippen LogP contribution in [0.15, 0.2) is 30.3 Å². The molecule has 0 N–H and O–H groups in total. The van der Waals surface area contributed by atoms with Crippen LogP contribution in [0.2, 0.25) is 0 Å². The summed E-state index contributed by atoms with van der Waals surface area (Å²) < 4.78 is 0. The van der Waals surface area contributed by atoms with Crippen LogP contribution in [0.3, 0.4) is 0 Å². The van der Waals surface area contributed by atoms with Crippen LogP contribution in [-0.2, 0) is 0 Å². The van der Waals surface area contributed by atoms with Crippen molar-refractivity contribution in [3.63, 3.8) is 0 Å². The lowest BCUT2D eigenvalue weighted by atomic mass is 9.83. The van der Waals surface area contributed by atoms with Gasteiger partial charge in [0.15, 0.2) is 5.78 Å². The molecule has 3 rings (SSSR count). The highest BCUT2D eigenvalue weighted by Gasteiger charge is 2.24. The van der Waals surface area contributed by atoms with Crippen molar-refractivity contribution in [2.45, 2.75) is 39.0 Å². The first-order valence-electron chi connectivity index (χ1n) is 7.16. The molecule has 0 amide bonds. The van der Waals surface area contributed by atoms with Gasteiger partial charge in [0, 0.05) is 22.6 Å². The Morgan fingerprint density at radius 1 is 1.16 bits per heavy atom. The molecule has 1 fully saturated rings. The number of Topliss-reactive ketones (excluding diaryl/α,β-unsaturated/α-hetero) is 1. The van der Waals surface area contributed by atoms with Crippen LogP contribution < -0.4 is 0 Å². The van der Waals surface area contributed by atoms with Gasteiger partial charge in [-0.25, -0.2) is 0 Å². The number of nitrogens with zero attached hydrogens (tertiary/aromatic N) is 1. The Hall–Kier alpha value is -1.70. The number of fused-ring (bicyclic) bond motifs is 1. The van der Waals surface area contributed by atoms with E-state index >= 15 is 0 Å². The number of carbonyl (C=O) groups excluding carboxylic acids is 1. The summed E-state index contributed by atoms with van der Waals surface area (Å²) >= 11 is 0. The van der Waals surface area contributed by atoms with Gasteiger partial charge in [-0.2, -0.15) is 0 Å². The van der Waals surface area contributed by atoms with Crippen molar-refractivity contribution >= 4 is 16.7 Å². The Morgan fingerprint density at radius 3 is 2.68 bits per heavy atom. The number of aryl methyl sites for hydroxylation is 1. The highest BCUT2D eigenvalue weighted by molar-refractivity contribution is 6.08. The lowest BCUT2D eigenvalue weighted by molar-refractivity contribution is 0.0891. The Labute approximate surface area is 113 Å². The maximum absolute atomic E-state index is 12.7.